The Kier molecular flexibility index (Phi) is 1.62. The Labute approximate surface area is 50.4 Å². The molecule has 9 heavy (non-hydrogen) atoms. The van der Waals surface area contributed by atoms with Gasteiger partial charge in [0.2, 0.25) is 6.08 Å². The number of hydrogen-bond acceptors (Lipinski definition) is 5. The molecule has 0 saturated carbocycles. The first-order valence-corrected chi connectivity index (χ1v) is 2.16. The highest BCUT2D eigenvalue weighted by Gasteiger charge is 1.84. The van der Waals surface area contributed by atoms with Crippen LogP contribution in [0.15, 0.2) is 17.3 Å². The van der Waals surface area contributed by atoms with E-state index in [-0.39, 0.29) is 5.82 Å². The molecule has 0 aromatic carbocycles. The second-order valence-corrected chi connectivity index (χ2v) is 1.18. The van der Waals surface area contributed by atoms with Crippen molar-refractivity contribution in [2.45, 2.75) is 0 Å². The van der Waals surface area contributed by atoms with Gasteiger partial charge in [-0.3, -0.25) is 0 Å². The molecule has 0 unspecified atom stereocenters. The molecule has 0 aliphatic rings. The van der Waals surface area contributed by atoms with Gasteiger partial charge in [0, 0.05) is 6.07 Å². The summed E-state index contributed by atoms with van der Waals surface area (Å²) in [5, 5.41) is 9.99. The van der Waals surface area contributed by atoms with Gasteiger partial charge in [-0.25, -0.2) is 4.79 Å². The van der Waals surface area contributed by atoms with Crippen LogP contribution in [0.1, 0.15) is 0 Å². The SMILES string of the molecule is O=C=Nc1ccnnn1. The molecule has 0 aliphatic heterocycles. The zero-order chi connectivity index (χ0) is 6.53. The summed E-state index contributed by atoms with van der Waals surface area (Å²) in [7, 11) is 0. The maximum absolute atomic E-state index is 9.59. The van der Waals surface area contributed by atoms with Crippen LogP contribution in [0.4, 0.5) is 5.82 Å². The summed E-state index contributed by atoms with van der Waals surface area (Å²) in [6.45, 7) is 0. The van der Waals surface area contributed by atoms with Crippen LogP contribution in [0.25, 0.3) is 0 Å². The van der Waals surface area contributed by atoms with Crippen LogP contribution in [0.3, 0.4) is 0 Å². The average Bonchev–Trinajstić information content (AvgIpc) is 1.91. The monoisotopic (exact) mass is 122 g/mol. The van der Waals surface area contributed by atoms with Gasteiger partial charge in [-0.05, 0) is 5.21 Å². The zero-order valence-corrected chi connectivity index (χ0v) is 4.35. The van der Waals surface area contributed by atoms with E-state index in [1.807, 2.05) is 0 Å². The normalized spacial score (nSPS) is 8.00. The highest BCUT2D eigenvalue weighted by Crippen LogP contribution is 1.98. The Balaban J connectivity index is 2.97. The fourth-order valence-corrected chi connectivity index (χ4v) is 0.341. The van der Waals surface area contributed by atoms with E-state index in [1.165, 1.54) is 18.3 Å². The standard InChI is InChI=1S/C4H2N4O/c9-3-5-4-1-2-6-8-7-4/h1-2H. The topological polar surface area (TPSA) is 68.1 Å². The van der Waals surface area contributed by atoms with Gasteiger partial charge in [0.15, 0.2) is 5.82 Å². The minimum absolute atomic E-state index is 0.222. The van der Waals surface area contributed by atoms with E-state index >= 15 is 0 Å². The maximum atomic E-state index is 9.59. The van der Waals surface area contributed by atoms with Crippen molar-refractivity contribution in [2.75, 3.05) is 0 Å². The lowest BCUT2D eigenvalue weighted by molar-refractivity contribution is 0.565. The van der Waals surface area contributed by atoms with Crippen molar-refractivity contribution >= 4 is 11.9 Å². The third-order valence-electron chi connectivity index (χ3n) is 0.649. The van der Waals surface area contributed by atoms with Gasteiger partial charge in [-0.15, -0.1) is 15.2 Å². The lowest BCUT2D eigenvalue weighted by atomic mass is 10.6. The van der Waals surface area contributed by atoms with Crippen molar-refractivity contribution in [3.63, 3.8) is 0 Å². The summed E-state index contributed by atoms with van der Waals surface area (Å²) in [5.74, 6) is 0.222. The van der Waals surface area contributed by atoms with E-state index in [0.717, 1.165) is 0 Å². The number of nitrogens with zero attached hydrogens (tertiary/aromatic N) is 4. The Morgan fingerprint density at radius 1 is 1.67 bits per heavy atom. The van der Waals surface area contributed by atoms with Crippen molar-refractivity contribution in [2.24, 2.45) is 4.99 Å². The highest BCUT2D eigenvalue weighted by molar-refractivity contribution is 5.42. The summed E-state index contributed by atoms with van der Waals surface area (Å²) in [4.78, 5) is 12.8. The van der Waals surface area contributed by atoms with Crippen LogP contribution in [0.5, 0.6) is 0 Å². The largest absolute Gasteiger partial charge is 0.242 e. The van der Waals surface area contributed by atoms with E-state index in [0.29, 0.717) is 0 Å². The Morgan fingerprint density at radius 2 is 2.56 bits per heavy atom. The van der Waals surface area contributed by atoms with Crippen molar-refractivity contribution in [1.82, 2.24) is 15.4 Å². The van der Waals surface area contributed by atoms with Gasteiger partial charge in [0.05, 0.1) is 6.20 Å². The summed E-state index contributed by atoms with van der Waals surface area (Å²) >= 11 is 0. The quantitative estimate of drug-likeness (QED) is 0.383. The van der Waals surface area contributed by atoms with Crippen LogP contribution < -0.4 is 0 Å². The van der Waals surface area contributed by atoms with Crippen LogP contribution >= 0.6 is 0 Å². The second kappa shape index (κ2) is 2.64. The molecule has 0 amide bonds. The summed E-state index contributed by atoms with van der Waals surface area (Å²) in [5.41, 5.74) is 0. The Hall–Kier alpha value is -1.61. The molecule has 0 bridgehead atoms. The molecule has 1 heterocycles. The molecule has 0 saturated heterocycles. The first-order chi connectivity index (χ1) is 4.43. The first kappa shape index (κ1) is 5.53. The lowest BCUT2D eigenvalue weighted by Crippen LogP contribution is -1.81. The average molecular weight is 122 g/mol. The van der Waals surface area contributed by atoms with E-state index in [2.05, 4.69) is 20.4 Å². The molecule has 0 fully saturated rings. The number of hydrogen-bond donors (Lipinski definition) is 0. The van der Waals surface area contributed by atoms with Gasteiger partial charge >= 0.3 is 0 Å². The van der Waals surface area contributed by atoms with E-state index in [4.69, 9.17) is 0 Å². The third kappa shape index (κ3) is 1.40. The summed E-state index contributed by atoms with van der Waals surface area (Å²) < 4.78 is 0. The molecular formula is C4H2N4O. The molecule has 0 radical (unpaired) electrons. The molecule has 1 aromatic heterocycles. The zero-order valence-electron chi connectivity index (χ0n) is 4.35. The molecule has 0 atom stereocenters. The third-order valence-corrected chi connectivity index (χ3v) is 0.649. The van der Waals surface area contributed by atoms with E-state index < -0.39 is 0 Å². The molecule has 1 rings (SSSR count). The molecule has 1 aromatic rings. The van der Waals surface area contributed by atoms with Gasteiger partial charge < -0.3 is 0 Å². The number of isocyanates is 1. The number of rotatable bonds is 1. The van der Waals surface area contributed by atoms with Gasteiger partial charge in [0.1, 0.15) is 0 Å². The van der Waals surface area contributed by atoms with Gasteiger partial charge in [-0.1, -0.05) is 0 Å². The summed E-state index contributed by atoms with van der Waals surface area (Å²) in [6.07, 6.45) is 2.72. The molecule has 5 heteroatoms. The molecule has 5 nitrogen and oxygen atoms in total. The minimum Gasteiger partial charge on any atom is -0.211 e. The molecule has 0 aliphatic carbocycles. The van der Waals surface area contributed by atoms with Crippen LogP contribution in [-0.2, 0) is 4.79 Å². The summed E-state index contributed by atoms with van der Waals surface area (Å²) in [6, 6.07) is 1.46. The van der Waals surface area contributed by atoms with Gasteiger partial charge in [-0.2, -0.15) is 0 Å². The fraction of sp³-hybridized carbons (Fsp3) is 0. The minimum atomic E-state index is 0.222. The van der Waals surface area contributed by atoms with Crippen molar-refractivity contribution in [3.8, 4) is 0 Å². The van der Waals surface area contributed by atoms with E-state index in [1.54, 1.807) is 0 Å². The van der Waals surface area contributed by atoms with Gasteiger partial charge in [0.25, 0.3) is 0 Å². The molecule has 0 spiro atoms. The Bertz CT molecular complexity index is 228. The van der Waals surface area contributed by atoms with E-state index in [9.17, 15) is 4.79 Å². The lowest BCUT2D eigenvalue weighted by Gasteiger charge is -1.79. The van der Waals surface area contributed by atoms with Crippen molar-refractivity contribution in [1.29, 1.82) is 0 Å². The fourth-order valence-electron chi connectivity index (χ4n) is 0.341. The van der Waals surface area contributed by atoms with Crippen molar-refractivity contribution in [3.05, 3.63) is 12.3 Å². The number of carbonyl (C=O) groups excluding carboxylic acids is 1. The molecule has 44 valence electrons. The maximum Gasteiger partial charge on any atom is 0.242 e. The second-order valence-electron chi connectivity index (χ2n) is 1.18. The van der Waals surface area contributed by atoms with Crippen LogP contribution in [0.2, 0.25) is 0 Å². The van der Waals surface area contributed by atoms with Crippen molar-refractivity contribution < 1.29 is 4.79 Å². The smallest absolute Gasteiger partial charge is 0.211 e. The predicted molar refractivity (Wildman–Crippen MR) is 27.6 cm³/mol. The molecular weight excluding hydrogens is 120 g/mol. The number of aliphatic imine (C=N–C) groups is 1. The van der Waals surface area contributed by atoms with Crippen LogP contribution in [0, 0.1) is 0 Å². The predicted octanol–water partition coefficient (Wildman–Crippen LogP) is -0.161. The van der Waals surface area contributed by atoms with Crippen LogP contribution in [-0.4, -0.2) is 21.5 Å². The number of aromatic nitrogens is 3. The Morgan fingerprint density at radius 3 is 3.11 bits per heavy atom. The molecule has 0 N–H and O–H groups in total. The highest BCUT2D eigenvalue weighted by atomic mass is 16.1. The first-order valence-electron chi connectivity index (χ1n) is 2.16.